The molecule has 3 rings (SSSR count). The Morgan fingerprint density at radius 2 is 1.67 bits per heavy atom. The maximum absolute atomic E-state index is 13.2. The fourth-order valence-electron chi connectivity index (χ4n) is 2.07. The normalized spacial score (nSPS) is 18.3. The zero-order valence-corrected chi connectivity index (χ0v) is 12.9. The summed E-state index contributed by atoms with van der Waals surface area (Å²) in [5.41, 5.74) is 2.42. The third kappa shape index (κ3) is 1.86. The van der Waals surface area contributed by atoms with Crippen LogP contribution in [0.1, 0.15) is 11.1 Å². The van der Waals surface area contributed by atoms with Crippen LogP contribution in [0, 0.1) is 13.8 Å². The minimum absolute atomic E-state index is 0.113. The van der Waals surface area contributed by atoms with Crippen LogP contribution in [0.2, 0.25) is 0 Å². The number of fused-ring (bicyclic) bond motifs is 1. The molecule has 0 amide bonds. The van der Waals surface area contributed by atoms with E-state index >= 15 is 0 Å². The fraction of sp³-hybridized carbons (Fsp3) is 0.143. The van der Waals surface area contributed by atoms with E-state index in [1.165, 1.54) is 15.6 Å². The van der Waals surface area contributed by atoms with Gasteiger partial charge in [-0.25, -0.2) is 0 Å². The zero-order chi connectivity index (χ0) is 12.8. The van der Waals surface area contributed by atoms with E-state index in [4.69, 9.17) is 0 Å². The van der Waals surface area contributed by atoms with E-state index in [1.807, 2.05) is 43.3 Å². The summed E-state index contributed by atoms with van der Waals surface area (Å²) in [5, 5.41) is 0. The summed E-state index contributed by atoms with van der Waals surface area (Å²) in [4.78, 5) is 1.91. The molecule has 2 aromatic carbocycles. The molecular weight excluding hydrogens is 309 g/mol. The van der Waals surface area contributed by atoms with Crippen molar-refractivity contribution in [2.24, 2.45) is 0 Å². The Labute approximate surface area is 115 Å². The van der Waals surface area contributed by atoms with Crippen LogP contribution in [0.25, 0.3) is 0 Å². The number of thiol groups is 1. The molecule has 94 valence electrons. The van der Waals surface area contributed by atoms with E-state index < -0.39 is 10.1 Å². The first-order valence-electron chi connectivity index (χ1n) is 5.82. The molecule has 4 heteroatoms. The van der Waals surface area contributed by atoms with Crippen molar-refractivity contribution >= 4 is 29.8 Å². The van der Waals surface area contributed by atoms with Crippen LogP contribution >= 0.6 is 0 Å². The van der Waals surface area contributed by atoms with Crippen molar-refractivity contribution in [3.8, 4) is 0 Å². The Hall–Kier alpha value is -0.931. The van der Waals surface area contributed by atoms with Gasteiger partial charge in [-0.2, -0.15) is 0 Å². The van der Waals surface area contributed by atoms with E-state index in [0.717, 1.165) is 9.79 Å². The maximum atomic E-state index is 13.2. The van der Waals surface area contributed by atoms with E-state index in [0.29, 0.717) is 0 Å². The van der Waals surface area contributed by atoms with Crippen LogP contribution in [0.15, 0.2) is 52.3 Å². The molecule has 0 atom stereocenters. The summed E-state index contributed by atoms with van der Waals surface area (Å²) in [6.45, 7) is 4.12. The molecule has 0 aromatic heterocycles. The predicted octanol–water partition coefficient (Wildman–Crippen LogP) is 1.50. The van der Waals surface area contributed by atoms with Gasteiger partial charge in [0.2, 0.25) is 0 Å². The number of nitrogens with one attached hydrogen (secondary N) is 1. The van der Waals surface area contributed by atoms with Gasteiger partial charge in [-0.05, 0) is 0 Å². The van der Waals surface area contributed by atoms with Gasteiger partial charge in [0.05, 0.1) is 0 Å². The summed E-state index contributed by atoms with van der Waals surface area (Å²) < 4.78 is 17.7. The molecular formula is C14H15NOSSe. The van der Waals surface area contributed by atoms with Crippen LogP contribution < -0.4 is 8.20 Å². The van der Waals surface area contributed by atoms with Crippen molar-refractivity contribution in [3.05, 3.63) is 53.6 Å². The molecule has 0 aliphatic carbocycles. The monoisotopic (exact) mass is 325 g/mol. The third-order valence-electron chi connectivity index (χ3n) is 3.14. The summed E-state index contributed by atoms with van der Waals surface area (Å²) >= 11 is 0.113. The van der Waals surface area contributed by atoms with Crippen LogP contribution in [0.4, 0.5) is 0 Å². The van der Waals surface area contributed by atoms with Gasteiger partial charge in [0.15, 0.2) is 0 Å². The zero-order valence-electron chi connectivity index (χ0n) is 10.3. The van der Waals surface area contributed by atoms with Gasteiger partial charge >= 0.3 is 115 Å². The average molecular weight is 324 g/mol. The molecule has 2 aromatic rings. The first-order valence-corrected chi connectivity index (χ1v) is 9.24. The van der Waals surface area contributed by atoms with Crippen molar-refractivity contribution in [2.45, 2.75) is 23.6 Å². The summed E-state index contributed by atoms with van der Waals surface area (Å²) in [6, 6.07) is 14.2. The molecule has 2 nitrogen and oxygen atoms in total. The number of hydrogen-bond acceptors (Lipinski definition) is 1. The minimum atomic E-state index is -2.57. The van der Waals surface area contributed by atoms with Gasteiger partial charge in [-0.1, -0.05) is 0 Å². The molecule has 0 bridgehead atoms. The number of hydrogen-bond donors (Lipinski definition) is 2. The van der Waals surface area contributed by atoms with E-state index in [-0.39, 0.29) is 15.2 Å². The van der Waals surface area contributed by atoms with E-state index in [1.54, 1.807) is 0 Å². The molecule has 18 heavy (non-hydrogen) atoms. The summed E-state index contributed by atoms with van der Waals surface area (Å²) in [6.07, 6.45) is 0. The molecule has 0 unspecified atom stereocenters. The van der Waals surface area contributed by atoms with Crippen molar-refractivity contribution in [2.75, 3.05) is 0 Å². The number of benzene rings is 2. The van der Waals surface area contributed by atoms with E-state index in [9.17, 15) is 4.21 Å². The number of rotatable bonds is 1. The molecule has 0 saturated carbocycles. The second-order valence-electron chi connectivity index (χ2n) is 4.61. The van der Waals surface area contributed by atoms with Crippen LogP contribution in [0.3, 0.4) is 0 Å². The molecule has 1 heterocycles. The van der Waals surface area contributed by atoms with Gasteiger partial charge in [0.1, 0.15) is 0 Å². The second kappa shape index (κ2) is 4.32. The third-order valence-corrected chi connectivity index (χ3v) is 9.28. The molecule has 0 radical (unpaired) electrons. The Kier molecular flexibility index (Phi) is 2.91. The van der Waals surface area contributed by atoms with Crippen molar-refractivity contribution in [3.63, 3.8) is 0 Å². The Balaban J connectivity index is 2.14. The summed E-state index contributed by atoms with van der Waals surface area (Å²) in [5.74, 6) is 0. The SMILES string of the molecule is Cc1ccc([SH]2(=O)N[Se]c3cc(C)ccc32)cc1. The van der Waals surface area contributed by atoms with Gasteiger partial charge in [0.25, 0.3) is 0 Å². The Morgan fingerprint density at radius 3 is 2.39 bits per heavy atom. The van der Waals surface area contributed by atoms with Crippen LogP contribution in [-0.4, -0.2) is 19.4 Å². The van der Waals surface area contributed by atoms with Crippen molar-refractivity contribution in [1.82, 2.24) is 3.74 Å². The van der Waals surface area contributed by atoms with Crippen LogP contribution in [0.5, 0.6) is 0 Å². The first-order chi connectivity index (χ1) is 8.59. The fourth-order valence-corrected chi connectivity index (χ4v) is 8.64. The Bertz CT molecular complexity index is 651. The molecule has 0 fully saturated rings. The standard InChI is InChI=1S/C14H15NOSSe/c1-10-3-6-12(7-4-10)17(16)13-8-5-11(2)9-14(13)18-15-17/h3-9,17H,1-2H3,(H,15,16). The van der Waals surface area contributed by atoms with Crippen molar-refractivity contribution in [1.29, 1.82) is 0 Å². The van der Waals surface area contributed by atoms with Crippen molar-refractivity contribution < 1.29 is 4.21 Å². The van der Waals surface area contributed by atoms with Gasteiger partial charge in [-0.3, -0.25) is 0 Å². The average Bonchev–Trinajstić information content (AvgIpc) is 2.68. The van der Waals surface area contributed by atoms with Gasteiger partial charge < -0.3 is 0 Å². The molecule has 0 spiro atoms. The Morgan fingerprint density at radius 1 is 1.00 bits per heavy atom. The number of aryl methyl sites for hydroxylation is 2. The quantitative estimate of drug-likeness (QED) is 0.604. The second-order valence-corrected chi connectivity index (χ2v) is 9.51. The molecule has 1 aliphatic heterocycles. The van der Waals surface area contributed by atoms with Gasteiger partial charge in [-0.15, -0.1) is 0 Å². The predicted molar refractivity (Wildman–Crippen MR) is 77.0 cm³/mol. The topological polar surface area (TPSA) is 29.1 Å². The molecule has 0 saturated heterocycles. The first kappa shape index (κ1) is 12.1. The molecule has 1 aliphatic rings. The molecule has 1 N–H and O–H groups in total. The summed E-state index contributed by atoms with van der Waals surface area (Å²) in [7, 11) is -2.57. The van der Waals surface area contributed by atoms with Gasteiger partial charge in [0, 0.05) is 0 Å². The van der Waals surface area contributed by atoms with Crippen LogP contribution in [-0.2, 0) is 10.1 Å². The van der Waals surface area contributed by atoms with E-state index in [2.05, 4.69) is 16.7 Å².